The zero-order valence-corrected chi connectivity index (χ0v) is 15.5. The lowest BCUT2D eigenvalue weighted by molar-refractivity contribution is -0.137. The first-order valence-corrected chi connectivity index (χ1v) is 8.56. The van der Waals surface area contributed by atoms with Gasteiger partial charge in [-0.1, -0.05) is 41.9 Å². The first-order chi connectivity index (χ1) is 12.9. The number of carbonyl (C=O) groups excluding carboxylic acids is 3. The van der Waals surface area contributed by atoms with E-state index in [-0.39, 0.29) is 23.1 Å². The topological polar surface area (TPSA) is 75.7 Å². The van der Waals surface area contributed by atoms with E-state index in [4.69, 9.17) is 16.3 Å². The largest absolute Gasteiger partial charge is 0.496 e. The molecule has 3 amide bonds. The molecule has 0 fully saturated rings. The fourth-order valence-electron chi connectivity index (χ4n) is 2.87. The highest BCUT2D eigenvalue weighted by Gasteiger charge is 2.38. The lowest BCUT2D eigenvalue weighted by Gasteiger charge is -2.17. The normalized spacial score (nSPS) is 14.0. The molecule has 7 heteroatoms. The molecule has 0 aromatic heterocycles. The van der Waals surface area contributed by atoms with Crippen molar-refractivity contribution in [1.29, 1.82) is 0 Å². The number of imide groups is 1. The molecule has 1 aliphatic rings. The average Bonchev–Trinajstić information content (AvgIpc) is 2.86. The molecule has 0 saturated carbocycles. The number of ether oxygens (including phenoxy) is 1. The number of benzene rings is 2. The van der Waals surface area contributed by atoms with E-state index in [2.05, 4.69) is 5.32 Å². The van der Waals surface area contributed by atoms with Crippen molar-refractivity contribution >= 4 is 40.6 Å². The van der Waals surface area contributed by atoms with Gasteiger partial charge in [-0.05, 0) is 23.8 Å². The Hall–Kier alpha value is -3.12. The number of rotatable bonds is 5. The van der Waals surface area contributed by atoms with Crippen molar-refractivity contribution < 1.29 is 19.1 Å². The lowest BCUT2D eigenvalue weighted by Crippen LogP contribution is -2.30. The second-order valence-corrected chi connectivity index (χ2v) is 6.33. The standard InChI is InChI=1S/C20H17ClN2O4/c1-12(24)22-15-9-7-13(8-10-15)17-18(21)20(26)23(19(17)25)11-14-5-3-4-6-16(14)27-2/h3-10H,11H2,1-2H3,(H,22,24). The van der Waals surface area contributed by atoms with Crippen molar-refractivity contribution in [3.05, 3.63) is 64.7 Å². The smallest absolute Gasteiger partial charge is 0.273 e. The van der Waals surface area contributed by atoms with Crippen LogP contribution in [0.2, 0.25) is 0 Å². The van der Waals surface area contributed by atoms with E-state index in [0.29, 0.717) is 22.6 Å². The maximum Gasteiger partial charge on any atom is 0.273 e. The van der Waals surface area contributed by atoms with Crippen molar-refractivity contribution in [2.24, 2.45) is 0 Å². The predicted octanol–water partition coefficient (Wildman–Crippen LogP) is 3.17. The Morgan fingerprint density at radius 3 is 2.37 bits per heavy atom. The number of anilines is 1. The van der Waals surface area contributed by atoms with Crippen LogP contribution in [0.25, 0.3) is 5.57 Å². The first-order valence-electron chi connectivity index (χ1n) is 8.18. The molecular formula is C20H17ClN2O4. The van der Waals surface area contributed by atoms with Crippen LogP contribution in [0.1, 0.15) is 18.1 Å². The quantitative estimate of drug-likeness (QED) is 0.803. The van der Waals surface area contributed by atoms with Crippen LogP contribution in [0.15, 0.2) is 53.6 Å². The number of nitrogens with one attached hydrogen (secondary N) is 1. The molecule has 3 rings (SSSR count). The van der Waals surface area contributed by atoms with Gasteiger partial charge in [-0.2, -0.15) is 0 Å². The molecule has 27 heavy (non-hydrogen) atoms. The Morgan fingerprint density at radius 2 is 1.74 bits per heavy atom. The van der Waals surface area contributed by atoms with Gasteiger partial charge in [0.05, 0.1) is 19.2 Å². The Balaban J connectivity index is 1.87. The third-order valence-corrected chi connectivity index (χ3v) is 4.48. The summed E-state index contributed by atoms with van der Waals surface area (Å²) in [6, 6.07) is 13.7. The molecule has 0 spiro atoms. The van der Waals surface area contributed by atoms with Gasteiger partial charge in [-0.15, -0.1) is 0 Å². The molecule has 0 radical (unpaired) electrons. The SMILES string of the molecule is COc1ccccc1CN1C(=O)C(Cl)=C(c2ccc(NC(C)=O)cc2)C1=O. The summed E-state index contributed by atoms with van der Waals surface area (Å²) in [5.41, 5.74) is 1.94. The third kappa shape index (κ3) is 3.71. The minimum atomic E-state index is -0.548. The van der Waals surface area contributed by atoms with Gasteiger partial charge >= 0.3 is 0 Å². The molecule has 1 N–H and O–H groups in total. The summed E-state index contributed by atoms with van der Waals surface area (Å²) in [5.74, 6) is -0.630. The highest BCUT2D eigenvalue weighted by atomic mass is 35.5. The summed E-state index contributed by atoms with van der Waals surface area (Å²) in [5, 5.41) is 2.52. The minimum absolute atomic E-state index is 0.0609. The third-order valence-electron chi connectivity index (χ3n) is 4.13. The molecule has 6 nitrogen and oxygen atoms in total. The molecule has 0 saturated heterocycles. The van der Waals surface area contributed by atoms with Crippen molar-refractivity contribution in [1.82, 2.24) is 4.90 Å². The molecule has 0 bridgehead atoms. The maximum atomic E-state index is 12.8. The van der Waals surface area contributed by atoms with Gasteiger partial charge < -0.3 is 10.1 Å². The highest BCUT2D eigenvalue weighted by molar-refractivity contribution is 6.55. The van der Waals surface area contributed by atoms with E-state index in [1.165, 1.54) is 14.0 Å². The van der Waals surface area contributed by atoms with Crippen LogP contribution in [0.4, 0.5) is 5.69 Å². The predicted molar refractivity (Wildman–Crippen MR) is 102 cm³/mol. The zero-order chi connectivity index (χ0) is 19.6. The Morgan fingerprint density at radius 1 is 1.07 bits per heavy atom. The number of halogens is 1. The van der Waals surface area contributed by atoms with Crippen molar-refractivity contribution in [3.8, 4) is 5.75 Å². The van der Waals surface area contributed by atoms with Gasteiger partial charge in [-0.3, -0.25) is 19.3 Å². The van der Waals surface area contributed by atoms with Crippen LogP contribution in [0.5, 0.6) is 5.75 Å². The van der Waals surface area contributed by atoms with Crippen molar-refractivity contribution in [2.45, 2.75) is 13.5 Å². The molecule has 1 heterocycles. The van der Waals surface area contributed by atoms with Gasteiger partial charge in [0.1, 0.15) is 10.8 Å². The van der Waals surface area contributed by atoms with E-state index < -0.39 is 11.8 Å². The van der Waals surface area contributed by atoms with Crippen LogP contribution < -0.4 is 10.1 Å². The van der Waals surface area contributed by atoms with Crippen molar-refractivity contribution in [3.63, 3.8) is 0 Å². The summed E-state index contributed by atoms with van der Waals surface area (Å²) in [4.78, 5) is 37.6. The molecule has 138 valence electrons. The Labute approximate surface area is 161 Å². The Kier molecular flexibility index (Phi) is 5.28. The van der Waals surface area contributed by atoms with E-state index in [0.717, 1.165) is 4.90 Å². The fraction of sp³-hybridized carbons (Fsp3) is 0.150. The van der Waals surface area contributed by atoms with Gasteiger partial charge in [-0.25, -0.2) is 0 Å². The second kappa shape index (κ2) is 7.63. The number of amides is 3. The number of methoxy groups -OCH3 is 1. The summed E-state index contributed by atoms with van der Waals surface area (Å²) < 4.78 is 5.28. The number of hydrogen-bond donors (Lipinski definition) is 1. The molecule has 0 aliphatic carbocycles. The molecule has 0 atom stereocenters. The van der Waals surface area contributed by atoms with Gasteiger partial charge in [0, 0.05) is 18.2 Å². The monoisotopic (exact) mass is 384 g/mol. The van der Waals surface area contributed by atoms with Crippen molar-refractivity contribution in [2.75, 3.05) is 12.4 Å². The first kappa shape index (κ1) is 18.7. The number of nitrogens with zero attached hydrogens (tertiary/aromatic N) is 1. The maximum absolute atomic E-state index is 12.8. The lowest BCUT2D eigenvalue weighted by atomic mass is 10.1. The van der Waals surface area contributed by atoms with Crippen LogP contribution >= 0.6 is 11.6 Å². The molecular weight excluding hydrogens is 368 g/mol. The van der Waals surface area contributed by atoms with Crippen LogP contribution in [0.3, 0.4) is 0 Å². The van der Waals surface area contributed by atoms with E-state index >= 15 is 0 Å². The summed E-state index contributed by atoms with van der Waals surface area (Å²) in [6.45, 7) is 1.47. The van der Waals surface area contributed by atoms with Crippen LogP contribution in [-0.4, -0.2) is 29.7 Å². The van der Waals surface area contributed by atoms with Gasteiger partial charge in [0.15, 0.2) is 0 Å². The van der Waals surface area contributed by atoms with Crippen LogP contribution in [0, 0.1) is 0 Å². The molecule has 2 aromatic rings. The average molecular weight is 385 g/mol. The van der Waals surface area contributed by atoms with Crippen LogP contribution in [-0.2, 0) is 20.9 Å². The molecule has 0 unspecified atom stereocenters. The Bertz CT molecular complexity index is 951. The number of para-hydroxylation sites is 1. The van der Waals surface area contributed by atoms with E-state index in [9.17, 15) is 14.4 Å². The minimum Gasteiger partial charge on any atom is -0.496 e. The fourth-order valence-corrected chi connectivity index (χ4v) is 3.16. The van der Waals surface area contributed by atoms with E-state index in [1.807, 2.05) is 6.07 Å². The van der Waals surface area contributed by atoms with Gasteiger partial charge in [0.25, 0.3) is 11.8 Å². The number of carbonyl (C=O) groups is 3. The highest BCUT2D eigenvalue weighted by Crippen LogP contribution is 2.34. The van der Waals surface area contributed by atoms with E-state index in [1.54, 1.807) is 42.5 Å². The molecule has 1 aliphatic heterocycles. The summed E-state index contributed by atoms with van der Waals surface area (Å²) >= 11 is 6.18. The van der Waals surface area contributed by atoms with Gasteiger partial charge in [0.2, 0.25) is 5.91 Å². The molecule has 2 aromatic carbocycles. The summed E-state index contributed by atoms with van der Waals surface area (Å²) in [6.07, 6.45) is 0. The zero-order valence-electron chi connectivity index (χ0n) is 14.8. The second-order valence-electron chi connectivity index (χ2n) is 5.96. The number of hydrogen-bond acceptors (Lipinski definition) is 4. The summed E-state index contributed by atoms with van der Waals surface area (Å²) in [7, 11) is 1.53.